The average Bonchev–Trinajstić information content (AvgIpc) is 3.37. The number of rotatable bonds is 6. The predicted molar refractivity (Wildman–Crippen MR) is 96.3 cm³/mol. The van der Waals surface area contributed by atoms with Gasteiger partial charge in [-0.3, -0.25) is 9.59 Å². The Kier molecular flexibility index (Phi) is 5.13. The quantitative estimate of drug-likeness (QED) is 0.803. The zero-order chi connectivity index (χ0) is 18.0. The number of aromatic nitrogens is 1. The third-order valence-electron chi connectivity index (χ3n) is 4.33. The molecule has 1 aromatic heterocycles. The summed E-state index contributed by atoms with van der Waals surface area (Å²) in [6.07, 6.45) is 2.24. The summed E-state index contributed by atoms with van der Waals surface area (Å²) in [4.78, 5) is 24.1. The average molecular weight is 361 g/mol. The van der Waals surface area contributed by atoms with Crippen LogP contribution in [0.4, 0.5) is 0 Å². The van der Waals surface area contributed by atoms with Crippen LogP contribution in [0.15, 0.2) is 30.3 Å². The van der Waals surface area contributed by atoms with Crippen molar-refractivity contribution in [1.82, 2.24) is 9.88 Å². The van der Waals surface area contributed by atoms with E-state index >= 15 is 0 Å². The summed E-state index contributed by atoms with van der Waals surface area (Å²) in [7, 11) is 0. The lowest BCUT2D eigenvalue weighted by Crippen LogP contribution is -2.31. The molecule has 0 unspecified atom stereocenters. The molecular formula is C19H21ClN2O3. The van der Waals surface area contributed by atoms with E-state index in [-0.39, 0.29) is 12.5 Å². The SMILES string of the molecule is Cc1cc(C(=O)NCC(=O)OCC2CC2)c(C)n1-c1ccc(Cl)cc1. The number of carbonyl (C=O) groups excluding carboxylic acids is 2. The highest BCUT2D eigenvalue weighted by atomic mass is 35.5. The molecule has 2 aromatic rings. The second-order valence-electron chi connectivity index (χ2n) is 6.41. The first-order valence-corrected chi connectivity index (χ1v) is 8.72. The van der Waals surface area contributed by atoms with Crippen molar-refractivity contribution in [3.05, 3.63) is 52.3 Å². The van der Waals surface area contributed by atoms with Crippen molar-refractivity contribution in [1.29, 1.82) is 0 Å². The molecule has 25 heavy (non-hydrogen) atoms. The first-order chi connectivity index (χ1) is 12.0. The number of hydrogen-bond donors (Lipinski definition) is 1. The van der Waals surface area contributed by atoms with Crippen molar-refractivity contribution in [2.24, 2.45) is 5.92 Å². The maximum Gasteiger partial charge on any atom is 0.325 e. The molecule has 132 valence electrons. The van der Waals surface area contributed by atoms with E-state index in [1.807, 2.05) is 48.7 Å². The van der Waals surface area contributed by atoms with E-state index in [2.05, 4.69) is 5.32 Å². The number of ether oxygens (including phenoxy) is 1. The monoisotopic (exact) mass is 360 g/mol. The van der Waals surface area contributed by atoms with Crippen LogP contribution in [0, 0.1) is 19.8 Å². The summed E-state index contributed by atoms with van der Waals surface area (Å²) in [6.45, 7) is 4.15. The number of aryl methyl sites for hydroxylation is 1. The highest BCUT2D eigenvalue weighted by molar-refractivity contribution is 6.30. The van der Waals surface area contributed by atoms with E-state index in [9.17, 15) is 9.59 Å². The molecule has 5 nitrogen and oxygen atoms in total. The minimum absolute atomic E-state index is 0.115. The zero-order valence-corrected chi connectivity index (χ0v) is 15.1. The van der Waals surface area contributed by atoms with Crippen LogP contribution in [0.1, 0.15) is 34.6 Å². The molecule has 1 aromatic carbocycles. The van der Waals surface area contributed by atoms with Gasteiger partial charge in [0.15, 0.2) is 0 Å². The van der Waals surface area contributed by atoms with Gasteiger partial charge in [0.25, 0.3) is 5.91 Å². The van der Waals surface area contributed by atoms with Gasteiger partial charge >= 0.3 is 5.97 Å². The lowest BCUT2D eigenvalue weighted by molar-refractivity contribution is -0.142. The molecule has 0 spiro atoms. The summed E-state index contributed by atoms with van der Waals surface area (Å²) >= 11 is 5.94. The number of carbonyl (C=O) groups is 2. The van der Waals surface area contributed by atoms with E-state index in [0.29, 0.717) is 23.1 Å². The van der Waals surface area contributed by atoms with Gasteiger partial charge in [0.1, 0.15) is 6.54 Å². The van der Waals surface area contributed by atoms with Crippen LogP contribution in [0.5, 0.6) is 0 Å². The van der Waals surface area contributed by atoms with Crippen molar-refractivity contribution < 1.29 is 14.3 Å². The normalized spacial score (nSPS) is 13.6. The van der Waals surface area contributed by atoms with Crippen LogP contribution >= 0.6 is 11.6 Å². The fourth-order valence-corrected chi connectivity index (χ4v) is 2.90. The van der Waals surface area contributed by atoms with E-state index in [1.165, 1.54) is 0 Å². The summed E-state index contributed by atoms with van der Waals surface area (Å²) in [5.74, 6) is -0.165. The van der Waals surface area contributed by atoms with Gasteiger partial charge in [-0.05, 0) is 62.9 Å². The van der Waals surface area contributed by atoms with Gasteiger partial charge in [-0.1, -0.05) is 11.6 Å². The molecule has 1 heterocycles. The molecule has 1 amide bonds. The molecule has 1 fully saturated rings. The number of nitrogens with one attached hydrogen (secondary N) is 1. The fraction of sp³-hybridized carbons (Fsp3) is 0.368. The minimum atomic E-state index is -0.397. The molecule has 3 rings (SSSR count). The number of benzene rings is 1. The van der Waals surface area contributed by atoms with Gasteiger partial charge in [-0.2, -0.15) is 0 Å². The number of amides is 1. The summed E-state index contributed by atoms with van der Waals surface area (Å²) in [5, 5.41) is 3.30. The summed E-state index contributed by atoms with van der Waals surface area (Å²) in [5.41, 5.74) is 3.22. The van der Waals surface area contributed by atoms with E-state index < -0.39 is 5.97 Å². The topological polar surface area (TPSA) is 60.3 Å². The van der Waals surface area contributed by atoms with Crippen LogP contribution in [0.3, 0.4) is 0 Å². The van der Waals surface area contributed by atoms with Crippen LogP contribution in [0.25, 0.3) is 5.69 Å². The Morgan fingerprint density at radius 3 is 2.56 bits per heavy atom. The van der Waals surface area contributed by atoms with Crippen molar-refractivity contribution in [3.8, 4) is 5.69 Å². The van der Waals surface area contributed by atoms with Crippen LogP contribution in [-0.4, -0.2) is 29.6 Å². The smallest absolute Gasteiger partial charge is 0.325 e. The lowest BCUT2D eigenvalue weighted by atomic mass is 10.2. The van der Waals surface area contributed by atoms with Gasteiger partial charge in [0, 0.05) is 22.1 Å². The Balaban J connectivity index is 1.67. The molecule has 0 saturated heterocycles. The Bertz CT molecular complexity index is 792. The standard InChI is InChI=1S/C19H21ClN2O3/c1-12-9-17(13(2)22(12)16-7-5-15(20)6-8-16)19(24)21-10-18(23)25-11-14-3-4-14/h5-9,14H,3-4,10-11H2,1-2H3,(H,21,24). The fourth-order valence-electron chi connectivity index (χ4n) is 2.77. The minimum Gasteiger partial charge on any atom is -0.464 e. The molecule has 1 aliphatic carbocycles. The first-order valence-electron chi connectivity index (χ1n) is 8.34. The van der Waals surface area contributed by atoms with Crippen LogP contribution in [-0.2, 0) is 9.53 Å². The van der Waals surface area contributed by atoms with Gasteiger partial charge in [0.2, 0.25) is 0 Å². The first kappa shape index (κ1) is 17.5. The third-order valence-corrected chi connectivity index (χ3v) is 4.58. The van der Waals surface area contributed by atoms with Gasteiger partial charge < -0.3 is 14.6 Å². The molecule has 0 bridgehead atoms. The summed E-state index contributed by atoms with van der Waals surface area (Å²) in [6, 6.07) is 9.24. The lowest BCUT2D eigenvalue weighted by Gasteiger charge is -2.10. The highest BCUT2D eigenvalue weighted by Crippen LogP contribution is 2.28. The molecule has 6 heteroatoms. The Labute approximate surface area is 151 Å². The van der Waals surface area contributed by atoms with Gasteiger partial charge in [-0.25, -0.2) is 0 Å². The second-order valence-corrected chi connectivity index (χ2v) is 6.84. The van der Waals surface area contributed by atoms with E-state index in [0.717, 1.165) is 29.9 Å². The molecule has 1 saturated carbocycles. The Hall–Kier alpha value is -2.27. The second kappa shape index (κ2) is 7.31. The Morgan fingerprint density at radius 2 is 1.92 bits per heavy atom. The maximum atomic E-state index is 12.4. The molecule has 0 aliphatic heterocycles. The largest absolute Gasteiger partial charge is 0.464 e. The van der Waals surface area contributed by atoms with Crippen molar-refractivity contribution in [3.63, 3.8) is 0 Å². The van der Waals surface area contributed by atoms with Crippen LogP contribution in [0.2, 0.25) is 5.02 Å². The molecule has 1 N–H and O–H groups in total. The molecule has 0 radical (unpaired) electrons. The maximum absolute atomic E-state index is 12.4. The third kappa shape index (κ3) is 4.23. The van der Waals surface area contributed by atoms with Crippen LogP contribution < -0.4 is 5.32 Å². The number of esters is 1. The number of hydrogen-bond acceptors (Lipinski definition) is 3. The zero-order valence-electron chi connectivity index (χ0n) is 14.3. The van der Waals surface area contributed by atoms with E-state index in [1.54, 1.807) is 0 Å². The van der Waals surface area contributed by atoms with Crippen molar-refractivity contribution >= 4 is 23.5 Å². The summed E-state index contributed by atoms with van der Waals surface area (Å²) < 4.78 is 7.10. The van der Waals surface area contributed by atoms with Crippen molar-refractivity contribution in [2.45, 2.75) is 26.7 Å². The van der Waals surface area contributed by atoms with Gasteiger partial charge in [-0.15, -0.1) is 0 Å². The van der Waals surface area contributed by atoms with E-state index in [4.69, 9.17) is 16.3 Å². The Morgan fingerprint density at radius 1 is 1.24 bits per heavy atom. The molecule has 1 aliphatic rings. The van der Waals surface area contributed by atoms with Gasteiger partial charge in [0.05, 0.1) is 12.2 Å². The van der Waals surface area contributed by atoms with Crippen molar-refractivity contribution in [2.75, 3.05) is 13.2 Å². The number of nitrogens with zero attached hydrogens (tertiary/aromatic N) is 1. The highest BCUT2D eigenvalue weighted by Gasteiger charge is 2.23. The molecular weight excluding hydrogens is 340 g/mol. The molecule has 0 atom stereocenters. The number of halogens is 1. The predicted octanol–water partition coefficient (Wildman–Crippen LogP) is 3.43.